The van der Waals surface area contributed by atoms with Crippen LogP contribution < -0.4 is 7.16 Å². The Kier molecular flexibility index (Phi) is 4.50. The van der Waals surface area contributed by atoms with Gasteiger partial charge in [0.05, 0.1) is 0 Å². The van der Waals surface area contributed by atoms with Crippen LogP contribution in [0, 0.1) is 0 Å². The fraction of sp³-hybridized carbons (Fsp3) is 0.368. The summed E-state index contributed by atoms with van der Waals surface area (Å²) in [7, 11) is 0. The van der Waals surface area contributed by atoms with Gasteiger partial charge in [-0.2, -0.15) is 0 Å². The van der Waals surface area contributed by atoms with Crippen molar-refractivity contribution in [3.05, 3.63) is 60.7 Å². The first kappa shape index (κ1) is 14.2. The molecular formula is C19H24Sn. The second kappa shape index (κ2) is 6.34. The van der Waals surface area contributed by atoms with Gasteiger partial charge in [0.25, 0.3) is 0 Å². The summed E-state index contributed by atoms with van der Waals surface area (Å²) in [6, 6.07) is 22.8. The molecule has 0 aliphatic heterocycles. The van der Waals surface area contributed by atoms with E-state index in [2.05, 4.69) is 65.6 Å². The summed E-state index contributed by atoms with van der Waals surface area (Å²) in [6.45, 7) is 0. The fourth-order valence-electron chi connectivity index (χ4n) is 3.89. The van der Waals surface area contributed by atoms with Gasteiger partial charge < -0.3 is 0 Å². The van der Waals surface area contributed by atoms with Gasteiger partial charge in [-0.15, -0.1) is 0 Å². The Labute approximate surface area is 127 Å². The third-order valence-electron chi connectivity index (χ3n) is 5.17. The van der Waals surface area contributed by atoms with Crippen molar-refractivity contribution in [3.63, 3.8) is 0 Å². The summed E-state index contributed by atoms with van der Waals surface area (Å²) in [5, 5.41) is 0. The summed E-state index contributed by atoms with van der Waals surface area (Å²) < 4.78 is 4.34. The van der Waals surface area contributed by atoms with Crippen LogP contribution in [0.4, 0.5) is 0 Å². The zero-order valence-corrected chi connectivity index (χ0v) is 15.2. The SMILES string of the molecule is [CH3][Sn]([c]1ccccc1)([c]1ccccc1)[CH]1CCCCC1. The topological polar surface area (TPSA) is 0 Å². The standard InChI is InChI=1S/C6H11.2C6H5.CH3.Sn/c3*1-2-4-6-5-3-1;;/h1H,2-6H2;2*1-5H;1H3;. The minimum absolute atomic E-state index is 0.975. The molecule has 1 saturated carbocycles. The molecule has 0 amide bonds. The van der Waals surface area contributed by atoms with Gasteiger partial charge in [-0.05, 0) is 0 Å². The Morgan fingerprint density at radius 1 is 0.700 bits per heavy atom. The molecule has 3 rings (SSSR count). The van der Waals surface area contributed by atoms with E-state index in [4.69, 9.17) is 0 Å². The van der Waals surface area contributed by atoms with Crippen LogP contribution in [-0.4, -0.2) is 18.4 Å². The Morgan fingerprint density at radius 3 is 1.60 bits per heavy atom. The van der Waals surface area contributed by atoms with Crippen molar-refractivity contribution in [2.75, 3.05) is 0 Å². The number of hydrogen-bond acceptors (Lipinski definition) is 0. The average molecular weight is 371 g/mol. The van der Waals surface area contributed by atoms with Crippen molar-refractivity contribution in [2.24, 2.45) is 0 Å². The van der Waals surface area contributed by atoms with Gasteiger partial charge >= 0.3 is 127 Å². The quantitative estimate of drug-likeness (QED) is 0.710. The Balaban J connectivity index is 2.07. The predicted molar refractivity (Wildman–Crippen MR) is 90.6 cm³/mol. The molecule has 0 N–H and O–H groups in total. The van der Waals surface area contributed by atoms with Gasteiger partial charge in [0.2, 0.25) is 0 Å². The molecule has 0 unspecified atom stereocenters. The van der Waals surface area contributed by atoms with Crippen molar-refractivity contribution in [1.82, 2.24) is 0 Å². The molecule has 0 nitrogen and oxygen atoms in total. The van der Waals surface area contributed by atoms with Gasteiger partial charge in [-0.1, -0.05) is 0 Å². The normalized spacial score (nSPS) is 17.1. The van der Waals surface area contributed by atoms with Gasteiger partial charge in [-0.3, -0.25) is 0 Å². The summed E-state index contributed by atoms with van der Waals surface area (Å²) in [5.41, 5.74) is 0. The molecule has 0 spiro atoms. The van der Waals surface area contributed by atoms with E-state index < -0.39 is 18.4 Å². The van der Waals surface area contributed by atoms with E-state index in [1.807, 2.05) is 0 Å². The van der Waals surface area contributed by atoms with Crippen molar-refractivity contribution >= 4 is 25.5 Å². The van der Waals surface area contributed by atoms with Crippen molar-refractivity contribution in [1.29, 1.82) is 0 Å². The van der Waals surface area contributed by atoms with Gasteiger partial charge in [-0.25, -0.2) is 0 Å². The molecule has 104 valence electrons. The van der Waals surface area contributed by atoms with Crippen LogP contribution in [0.25, 0.3) is 0 Å². The van der Waals surface area contributed by atoms with E-state index in [9.17, 15) is 0 Å². The number of rotatable bonds is 3. The zero-order valence-electron chi connectivity index (χ0n) is 12.4. The Hall–Kier alpha value is -0.761. The van der Waals surface area contributed by atoms with E-state index in [-0.39, 0.29) is 0 Å². The van der Waals surface area contributed by atoms with Crippen LogP contribution >= 0.6 is 0 Å². The van der Waals surface area contributed by atoms with E-state index in [1.54, 1.807) is 7.16 Å². The minimum atomic E-state index is -2.50. The molecule has 0 atom stereocenters. The molecule has 0 radical (unpaired) electrons. The van der Waals surface area contributed by atoms with Crippen LogP contribution in [0.3, 0.4) is 0 Å². The van der Waals surface area contributed by atoms with Gasteiger partial charge in [0, 0.05) is 0 Å². The molecule has 0 bridgehead atoms. The molecule has 1 aliphatic carbocycles. The van der Waals surface area contributed by atoms with Crippen LogP contribution in [-0.2, 0) is 0 Å². The van der Waals surface area contributed by atoms with Crippen molar-refractivity contribution < 1.29 is 0 Å². The first-order valence-electron chi connectivity index (χ1n) is 7.93. The molecule has 0 saturated heterocycles. The van der Waals surface area contributed by atoms with E-state index in [0.29, 0.717) is 0 Å². The molecule has 1 fully saturated rings. The molecule has 2 aromatic carbocycles. The maximum absolute atomic E-state index is 2.66. The van der Waals surface area contributed by atoms with E-state index >= 15 is 0 Å². The molecule has 1 aliphatic rings. The Morgan fingerprint density at radius 2 is 1.15 bits per heavy atom. The second-order valence-corrected chi connectivity index (χ2v) is 18.8. The summed E-state index contributed by atoms with van der Waals surface area (Å²) in [5.74, 6) is 0. The van der Waals surface area contributed by atoms with E-state index in [1.165, 1.54) is 32.1 Å². The third-order valence-corrected chi connectivity index (χ3v) is 20.2. The molecule has 1 heteroatoms. The second-order valence-electron chi connectivity index (χ2n) is 6.27. The number of benzene rings is 2. The first-order valence-corrected chi connectivity index (χ1v) is 15.3. The monoisotopic (exact) mass is 372 g/mol. The maximum atomic E-state index is 2.66. The molecular weight excluding hydrogens is 347 g/mol. The summed E-state index contributed by atoms with van der Waals surface area (Å²) in [4.78, 5) is 2.66. The molecule has 0 heterocycles. The molecule has 20 heavy (non-hydrogen) atoms. The number of hydrogen-bond donors (Lipinski definition) is 0. The van der Waals surface area contributed by atoms with Crippen LogP contribution in [0.5, 0.6) is 0 Å². The summed E-state index contributed by atoms with van der Waals surface area (Å²) in [6.07, 6.45) is 7.24. The molecule has 0 aromatic heterocycles. The van der Waals surface area contributed by atoms with Crippen LogP contribution in [0.15, 0.2) is 60.7 Å². The zero-order chi connectivity index (χ0) is 13.8. The van der Waals surface area contributed by atoms with Gasteiger partial charge in [0.15, 0.2) is 0 Å². The Bertz CT molecular complexity index is 487. The van der Waals surface area contributed by atoms with Crippen LogP contribution in [0.1, 0.15) is 32.1 Å². The van der Waals surface area contributed by atoms with E-state index in [0.717, 1.165) is 3.93 Å². The predicted octanol–water partition coefficient (Wildman–Crippen LogP) is 4.21. The average Bonchev–Trinajstić information content (AvgIpc) is 2.56. The summed E-state index contributed by atoms with van der Waals surface area (Å²) >= 11 is -2.50. The fourth-order valence-corrected chi connectivity index (χ4v) is 17.0. The van der Waals surface area contributed by atoms with Crippen molar-refractivity contribution in [3.8, 4) is 0 Å². The first-order chi connectivity index (χ1) is 9.82. The van der Waals surface area contributed by atoms with Crippen molar-refractivity contribution in [2.45, 2.75) is 41.0 Å². The van der Waals surface area contributed by atoms with Crippen LogP contribution in [0.2, 0.25) is 8.87 Å². The molecule has 2 aromatic rings. The third kappa shape index (κ3) is 2.67. The van der Waals surface area contributed by atoms with Gasteiger partial charge in [0.1, 0.15) is 0 Å².